The van der Waals surface area contributed by atoms with Crippen LogP contribution in [0.15, 0.2) is 6.33 Å². The van der Waals surface area contributed by atoms with Crippen LogP contribution in [0.25, 0.3) is 0 Å². The number of carbonyl (C=O) groups is 1. The van der Waals surface area contributed by atoms with Gasteiger partial charge in [0.05, 0.1) is 6.54 Å². The monoisotopic (exact) mass is 239 g/mol. The van der Waals surface area contributed by atoms with Crippen molar-refractivity contribution in [1.82, 2.24) is 25.8 Å². The number of hydrogen-bond acceptors (Lipinski definition) is 4. The van der Waals surface area contributed by atoms with E-state index in [1.54, 1.807) is 0 Å². The molecule has 0 fully saturated rings. The molecule has 1 aromatic rings. The minimum absolute atomic E-state index is 0.0255. The largest absolute Gasteiger partial charge is 0.355 e. The molecule has 0 radical (unpaired) electrons. The van der Waals surface area contributed by atoms with E-state index >= 15 is 0 Å². The Morgan fingerprint density at radius 2 is 2.24 bits per heavy atom. The van der Waals surface area contributed by atoms with Gasteiger partial charge >= 0.3 is 0 Å². The third-order valence-corrected chi connectivity index (χ3v) is 2.16. The number of aryl methyl sites for hydroxylation is 1. The summed E-state index contributed by atoms with van der Waals surface area (Å²) in [5.74, 6) is 0.879. The van der Waals surface area contributed by atoms with Gasteiger partial charge in [0, 0.05) is 18.5 Å². The molecule has 0 saturated heterocycles. The van der Waals surface area contributed by atoms with E-state index in [1.165, 1.54) is 6.33 Å². The Balaban J connectivity index is 2.04. The maximum Gasteiger partial charge on any atom is 0.233 e. The average Bonchev–Trinajstić information content (AvgIpc) is 2.73. The number of hydrogen-bond donors (Lipinski definition) is 3. The van der Waals surface area contributed by atoms with Gasteiger partial charge in [-0.1, -0.05) is 0 Å². The van der Waals surface area contributed by atoms with Gasteiger partial charge < -0.3 is 10.6 Å². The summed E-state index contributed by atoms with van der Waals surface area (Å²) < 4.78 is 0. The maximum absolute atomic E-state index is 11.4. The number of aromatic amines is 1. The van der Waals surface area contributed by atoms with Crippen molar-refractivity contribution < 1.29 is 4.79 Å². The van der Waals surface area contributed by atoms with Crippen molar-refractivity contribution in [2.75, 3.05) is 13.1 Å². The van der Waals surface area contributed by atoms with E-state index in [-0.39, 0.29) is 11.4 Å². The highest BCUT2D eigenvalue weighted by molar-refractivity contribution is 5.78. The first kappa shape index (κ1) is 13.6. The Bertz CT molecular complexity index is 328. The number of carbonyl (C=O) groups excluding carboxylic acids is 1. The fourth-order valence-electron chi connectivity index (χ4n) is 1.24. The lowest BCUT2D eigenvalue weighted by Crippen LogP contribution is -2.43. The third-order valence-electron chi connectivity index (χ3n) is 2.16. The lowest BCUT2D eigenvalue weighted by atomic mass is 10.1. The predicted octanol–water partition coefficient (Wildman–Crippen LogP) is 0.242. The van der Waals surface area contributed by atoms with Crippen molar-refractivity contribution >= 4 is 5.91 Å². The summed E-state index contributed by atoms with van der Waals surface area (Å²) in [5.41, 5.74) is -0.0306. The van der Waals surface area contributed by atoms with Crippen molar-refractivity contribution in [1.29, 1.82) is 0 Å². The highest BCUT2D eigenvalue weighted by Gasteiger charge is 2.10. The molecule has 0 bridgehead atoms. The van der Waals surface area contributed by atoms with Crippen LogP contribution in [0.1, 0.15) is 33.0 Å². The summed E-state index contributed by atoms with van der Waals surface area (Å²) >= 11 is 0. The molecule has 6 nitrogen and oxygen atoms in total. The first-order valence-electron chi connectivity index (χ1n) is 5.83. The van der Waals surface area contributed by atoms with E-state index in [0.717, 1.165) is 18.7 Å². The van der Waals surface area contributed by atoms with Crippen molar-refractivity contribution in [3.05, 3.63) is 12.2 Å². The predicted molar refractivity (Wildman–Crippen MR) is 65.5 cm³/mol. The minimum atomic E-state index is -0.0306. The molecule has 0 atom stereocenters. The molecule has 0 aliphatic heterocycles. The normalized spacial score (nSPS) is 11.5. The number of nitrogens with one attached hydrogen (secondary N) is 3. The Kier molecular flexibility index (Phi) is 5.09. The molecule has 0 aromatic carbocycles. The lowest BCUT2D eigenvalue weighted by Gasteiger charge is -2.19. The minimum Gasteiger partial charge on any atom is -0.355 e. The van der Waals surface area contributed by atoms with Gasteiger partial charge in [-0.05, 0) is 27.2 Å². The van der Waals surface area contributed by atoms with E-state index < -0.39 is 0 Å². The number of H-pyrrole nitrogens is 1. The van der Waals surface area contributed by atoms with Gasteiger partial charge in [0.2, 0.25) is 5.91 Å². The molecule has 3 N–H and O–H groups in total. The van der Waals surface area contributed by atoms with Crippen molar-refractivity contribution in [2.24, 2.45) is 0 Å². The fraction of sp³-hybridized carbons (Fsp3) is 0.727. The first-order valence-corrected chi connectivity index (χ1v) is 5.83. The molecule has 0 aliphatic rings. The highest BCUT2D eigenvalue weighted by atomic mass is 16.1. The van der Waals surface area contributed by atoms with E-state index in [1.807, 2.05) is 20.8 Å². The molecule has 1 rings (SSSR count). The van der Waals surface area contributed by atoms with Gasteiger partial charge in [-0.25, -0.2) is 4.98 Å². The Hall–Kier alpha value is -1.43. The van der Waals surface area contributed by atoms with E-state index in [2.05, 4.69) is 25.8 Å². The summed E-state index contributed by atoms with van der Waals surface area (Å²) in [6, 6.07) is 0. The van der Waals surface area contributed by atoms with E-state index in [9.17, 15) is 4.79 Å². The zero-order chi connectivity index (χ0) is 12.7. The summed E-state index contributed by atoms with van der Waals surface area (Å²) in [6.45, 7) is 7.11. The fourth-order valence-corrected chi connectivity index (χ4v) is 1.24. The molecule has 1 amide bonds. The number of nitrogens with zero attached hydrogens (tertiary/aromatic N) is 2. The molecule has 0 saturated carbocycles. The van der Waals surface area contributed by atoms with Gasteiger partial charge in [0.15, 0.2) is 0 Å². The second kappa shape index (κ2) is 6.34. The van der Waals surface area contributed by atoms with Gasteiger partial charge in [-0.2, -0.15) is 5.10 Å². The summed E-state index contributed by atoms with van der Waals surface area (Å²) in [5, 5.41) is 12.5. The number of amides is 1. The molecular weight excluding hydrogens is 218 g/mol. The zero-order valence-corrected chi connectivity index (χ0v) is 10.7. The topological polar surface area (TPSA) is 82.7 Å². The molecular formula is C11H21N5O. The molecule has 96 valence electrons. The molecule has 6 heteroatoms. The van der Waals surface area contributed by atoms with Gasteiger partial charge in [0.1, 0.15) is 12.2 Å². The summed E-state index contributed by atoms with van der Waals surface area (Å²) in [7, 11) is 0. The van der Waals surface area contributed by atoms with Crippen LogP contribution < -0.4 is 10.6 Å². The standard InChI is InChI=1S/C11H21N5O/c1-11(2,3)14-7-10(17)12-6-4-5-9-13-8-15-16-9/h8,14H,4-7H2,1-3H3,(H,12,17)(H,13,15,16). The maximum atomic E-state index is 11.4. The quantitative estimate of drug-likeness (QED) is 0.621. The van der Waals surface area contributed by atoms with Crippen LogP contribution in [0.5, 0.6) is 0 Å². The zero-order valence-electron chi connectivity index (χ0n) is 10.7. The SMILES string of the molecule is CC(C)(C)NCC(=O)NCCCc1ncn[nH]1. The summed E-state index contributed by atoms with van der Waals surface area (Å²) in [6.07, 6.45) is 3.14. The van der Waals surface area contributed by atoms with Crippen LogP contribution in [0.2, 0.25) is 0 Å². The summed E-state index contributed by atoms with van der Waals surface area (Å²) in [4.78, 5) is 15.5. The third kappa shape index (κ3) is 6.68. The van der Waals surface area contributed by atoms with Crippen molar-refractivity contribution in [3.63, 3.8) is 0 Å². The van der Waals surface area contributed by atoms with Gasteiger partial charge in [-0.3, -0.25) is 9.89 Å². The van der Waals surface area contributed by atoms with Crippen LogP contribution in [-0.4, -0.2) is 39.7 Å². The van der Waals surface area contributed by atoms with Crippen LogP contribution in [0.4, 0.5) is 0 Å². The van der Waals surface area contributed by atoms with Gasteiger partial charge in [0.25, 0.3) is 0 Å². The van der Waals surface area contributed by atoms with Crippen LogP contribution in [0.3, 0.4) is 0 Å². The van der Waals surface area contributed by atoms with Crippen molar-refractivity contribution in [3.8, 4) is 0 Å². The van der Waals surface area contributed by atoms with E-state index in [4.69, 9.17) is 0 Å². The molecule has 1 aromatic heterocycles. The van der Waals surface area contributed by atoms with Crippen LogP contribution in [-0.2, 0) is 11.2 Å². The molecule has 0 aliphatic carbocycles. The van der Waals surface area contributed by atoms with Crippen LogP contribution >= 0.6 is 0 Å². The molecule has 1 heterocycles. The Morgan fingerprint density at radius 3 is 2.82 bits per heavy atom. The molecule has 0 spiro atoms. The Morgan fingerprint density at radius 1 is 1.47 bits per heavy atom. The highest BCUT2D eigenvalue weighted by Crippen LogP contribution is 1.96. The second-order valence-corrected chi connectivity index (χ2v) is 4.99. The molecule has 17 heavy (non-hydrogen) atoms. The lowest BCUT2D eigenvalue weighted by molar-refractivity contribution is -0.120. The number of aromatic nitrogens is 3. The number of rotatable bonds is 6. The Labute approximate surface area is 102 Å². The first-order chi connectivity index (χ1) is 7.97. The van der Waals surface area contributed by atoms with E-state index in [0.29, 0.717) is 13.1 Å². The average molecular weight is 239 g/mol. The van der Waals surface area contributed by atoms with Crippen molar-refractivity contribution in [2.45, 2.75) is 39.2 Å². The second-order valence-electron chi connectivity index (χ2n) is 4.99. The van der Waals surface area contributed by atoms with Crippen LogP contribution in [0, 0.1) is 0 Å². The smallest absolute Gasteiger partial charge is 0.233 e. The molecule has 0 unspecified atom stereocenters. The van der Waals surface area contributed by atoms with Gasteiger partial charge in [-0.15, -0.1) is 0 Å².